The molecule has 4 nitrogen and oxygen atoms in total. The zero-order valence-corrected chi connectivity index (χ0v) is 14.8. The summed E-state index contributed by atoms with van der Waals surface area (Å²) in [7, 11) is 0. The van der Waals surface area contributed by atoms with Crippen molar-refractivity contribution >= 4 is 23.1 Å². The number of rotatable bonds is 6. The van der Waals surface area contributed by atoms with Gasteiger partial charge in [0.2, 0.25) is 0 Å². The number of hydrogen-bond donors (Lipinski definition) is 2. The van der Waals surface area contributed by atoms with E-state index >= 15 is 0 Å². The number of nitrogens with zero attached hydrogens (tertiary/aromatic N) is 2. The van der Waals surface area contributed by atoms with Crippen LogP contribution in [0.3, 0.4) is 0 Å². The average Bonchev–Trinajstić information content (AvgIpc) is 2.63. The summed E-state index contributed by atoms with van der Waals surface area (Å²) in [4.78, 5) is 9.23. The van der Waals surface area contributed by atoms with Crippen LogP contribution < -0.4 is 5.32 Å². The van der Waals surface area contributed by atoms with E-state index in [1.807, 2.05) is 54.6 Å². The molecule has 5 heteroatoms. The van der Waals surface area contributed by atoms with Crippen LogP contribution in [0.25, 0.3) is 11.4 Å². The molecule has 2 aromatic carbocycles. The summed E-state index contributed by atoms with van der Waals surface area (Å²) in [6.45, 7) is 2.22. The number of aryl methyl sites for hydroxylation is 1. The zero-order valence-electron chi connectivity index (χ0n) is 14.0. The van der Waals surface area contributed by atoms with E-state index in [0.717, 1.165) is 34.7 Å². The summed E-state index contributed by atoms with van der Waals surface area (Å²) >= 11 is 6.09. The second-order valence-electron chi connectivity index (χ2n) is 5.73. The molecule has 0 aliphatic heterocycles. The highest BCUT2D eigenvalue weighted by molar-refractivity contribution is 6.30. The Bertz CT molecular complexity index is 850. The van der Waals surface area contributed by atoms with Crippen molar-refractivity contribution < 1.29 is 5.11 Å². The number of aromatic nitrogens is 2. The molecule has 0 fully saturated rings. The van der Waals surface area contributed by atoms with E-state index in [4.69, 9.17) is 16.7 Å². The molecule has 0 saturated carbocycles. The highest BCUT2D eigenvalue weighted by Crippen LogP contribution is 2.23. The van der Waals surface area contributed by atoms with Gasteiger partial charge in [0.05, 0.1) is 0 Å². The molecule has 0 atom stereocenters. The molecule has 128 valence electrons. The molecule has 1 heterocycles. The van der Waals surface area contributed by atoms with Gasteiger partial charge in [-0.05, 0) is 42.7 Å². The minimum absolute atomic E-state index is 0.154. The Balaban J connectivity index is 1.89. The molecule has 3 aromatic rings. The Morgan fingerprint density at radius 3 is 2.52 bits per heavy atom. The Labute approximate surface area is 152 Å². The van der Waals surface area contributed by atoms with E-state index < -0.39 is 0 Å². The van der Waals surface area contributed by atoms with Gasteiger partial charge in [-0.15, -0.1) is 0 Å². The smallest absolute Gasteiger partial charge is 0.161 e. The SMILES string of the molecule is CCc1cc(Nc2ccc(CCO)cc2)nc(-c2cccc(Cl)c2)n1. The van der Waals surface area contributed by atoms with Gasteiger partial charge in [-0.1, -0.05) is 42.8 Å². The van der Waals surface area contributed by atoms with E-state index in [1.54, 1.807) is 0 Å². The van der Waals surface area contributed by atoms with Gasteiger partial charge in [0.1, 0.15) is 5.82 Å². The summed E-state index contributed by atoms with van der Waals surface area (Å²) in [5, 5.41) is 13.0. The maximum Gasteiger partial charge on any atom is 0.161 e. The topological polar surface area (TPSA) is 58.0 Å². The number of anilines is 2. The number of halogens is 1. The van der Waals surface area contributed by atoms with E-state index in [2.05, 4.69) is 22.2 Å². The van der Waals surface area contributed by atoms with Gasteiger partial charge < -0.3 is 10.4 Å². The first-order valence-corrected chi connectivity index (χ1v) is 8.66. The fourth-order valence-electron chi connectivity index (χ4n) is 2.53. The number of aliphatic hydroxyl groups is 1. The molecule has 3 rings (SSSR count). The third-order valence-electron chi connectivity index (χ3n) is 3.85. The quantitative estimate of drug-likeness (QED) is 0.678. The minimum Gasteiger partial charge on any atom is -0.396 e. The van der Waals surface area contributed by atoms with Gasteiger partial charge in [0.15, 0.2) is 5.82 Å². The molecule has 0 aliphatic carbocycles. The largest absolute Gasteiger partial charge is 0.396 e. The molecular weight excluding hydrogens is 334 g/mol. The molecule has 2 N–H and O–H groups in total. The molecule has 0 unspecified atom stereocenters. The lowest BCUT2D eigenvalue weighted by molar-refractivity contribution is 0.299. The number of benzene rings is 2. The standard InChI is InChI=1S/C20H20ClN3O/c1-2-17-13-19(22-18-8-6-14(7-9-18)10-11-25)24-20(23-17)15-4-3-5-16(21)12-15/h3-9,12-13,25H,2,10-11H2,1H3,(H,22,23,24). The Morgan fingerprint density at radius 1 is 1.04 bits per heavy atom. The van der Waals surface area contributed by atoms with E-state index in [-0.39, 0.29) is 6.61 Å². The number of aliphatic hydroxyl groups excluding tert-OH is 1. The van der Waals surface area contributed by atoms with Crippen LogP contribution in [-0.4, -0.2) is 21.7 Å². The summed E-state index contributed by atoms with van der Waals surface area (Å²) in [5.74, 6) is 1.40. The lowest BCUT2D eigenvalue weighted by atomic mass is 10.1. The highest BCUT2D eigenvalue weighted by atomic mass is 35.5. The first-order chi connectivity index (χ1) is 12.2. The highest BCUT2D eigenvalue weighted by Gasteiger charge is 2.07. The average molecular weight is 354 g/mol. The van der Waals surface area contributed by atoms with Crippen LogP contribution in [0, 0.1) is 0 Å². The van der Waals surface area contributed by atoms with Crippen LogP contribution in [-0.2, 0) is 12.8 Å². The van der Waals surface area contributed by atoms with E-state index in [9.17, 15) is 0 Å². The summed E-state index contributed by atoms with van der Waals surface area (Å²) < 4.78 is 0. The van der Waals surface area contributed by atoms with Crippen LogP contribution in [0.5, 0.6) is 0 Å². The number of hydrogen-bond acceptors (Lipinski definition) is 4. The van der Waals surface area contributed by atoms with E-state index in [0.29, 0.717) is 17.3 Å². The van der Waals surface area contributed by atoms with Crippen molar-refractivity contribution in [3.8, 4) is 11.4 Å². The Hall–Kier alpha value is -2.43. The van der Waals surface area contributed by atoms with Crippen LogP contribution in [0.15, 0.2) is 54.6 Å². The van der Waals surface area contributed by atoms with Crippen LogP contribution in [0.4, 0.5) is 11.5 Å². The third kappa shape index (κ3) is 4.56. The fraction of sp³-hybridized carbons (Fsp3) is 0.200. The lowest BCUT2D eigenvalue weighted by Gasteiger charge is -2.10. The van der Waals surface area contributed by atoms with Crippen molar-refractivity contribution in [3.63, 3.8) is 0 Å². The fourth-order valence-corrected chi connectivity index (χ4v) is 2.72. The second-order valence-corrected chi connectivity index (χ2v) is 6.16. The molecule has 0 bridgehead atoms. The van der Waals surface area contributed by atoms with Crippen molar-refractivity contribution in [2.75, 3.05) is 11.9 Å². The maximum absolute atomic E-state index is 9.00. The van der Waals surface area contributed by atoms with E-state index in [1.165, 1.54) is 0 Å². The number of nitrogens with one attached hydrogen (secondary N) is 1. The molecule has 25 heavy (non-hydrogen) atoms. The predicted molar refractivity (Wildman–Crippen MR) is 102 cm³/mol. The minimum atomic E-state index is 0.154. The molecule has 0 spiro atoms. The third-order valence-corrected chi connectivity index (χ3v) is 4.09. The normalized spacial score (nSPS) is 10.7. The van der Waals surface area contributed by atoms with Crippen LogP contribution >= 0.6 is 11.6 Å². The first kappa shape index (κ1) is 17.4. The van der Waals surface area contributed by atoms with Crippen molar-refractivity contribution in [2.45, 2.75) is 19.8 Å². The van der Waals surface area contributed by atoms with Crippen LogP contribution in [0.1, 0.15) is 18.2 Å². The molecule has 0 aliphatic rings. The van der Waals surface area contributed by atoms with Crippen LogP contribution in [0.2, 0.25) is 5.02 Å². The summed E-state index contributed by atoms with van der Waals surface area (Å²) in [6.07, 6.45) is 1.48. The monoisotopic (exact) mass is 353 g/mol. The van der Waals surface area contributed by atoms with Gasteiger partial charge in [-0.2, -0.15) is 0 Å². The molecule has 1 aromatic heterocycles. The Morgan fingerprint density at radius 2 is 1.84 bits per heavy atom. The van der Waals surface area contributed by atoms with Gasteiger partial charge in [0.25, 0.3) is 0 Å². The van der Waals surface area contributed by atoms with Gasteiger partial charge in [-0.25, -0.2) is 9.97 Å². The van der Waals surface area contributed by atoms with Crippen molar-refractivity contribution in [2.24, 2.45) is 0 Å². The molecule has 0 amide bonds. The van der Waals surface area contributed by atoms with Gasteiger partial charge in [0, 0.05) is 34.6 Å². The molecular formula is C20H20ClN3O. The van der Waals surface area contributed by atoms with Gasteiger partial charge >= 0.3 is 0 Å². The second kappa shape index (κ2) is 8.10. The summed E-state index contributed by atoms with van der Waals surface area (Å²) in [5.41, 5.74) is 3.90. The lowest BCUT2D eigenvalue weighted by Crippen LogP contribution is -2.01. The molecule has 0 radical (unpaired) electrons. The molecule has 0 saturated heterocycles. The van der Waals surface area contributed by atoms with Gasteiger partial charge in [-0.3, -0.25) is 0 Å². The maximum atomic E-state index is 9.00. The predicted octanol–water partition coefficient (Wildman–Crippen LogP) is 4.64. The van der Waals surface area contributed by atoms with Crippen molar-refractivity contribution in [1.29, 1.82) is 0 Å². The van der Waals surface area contributed by atoms with Crippen molar-refractivity contribution in [3.05, 3.63) is 70.9 Å². The summed E-state index contributed by atoms with van der Waals surface area (Å²) in [6, 6.07) is 17.5. The first-order valence-electron chi connectivity index (χ1n) is 8.28. The Kier molecular flexibility index (Phi) is 5.64. The van der Waals surface area contributed by atoms with Crippen molar-refractivity contribution in [1.82, 2.24) is 9.97 Å². The zero-order chi connectivity index (χ0) is 17.6.